The molecule has 0 spiro atoms. The number of sulfone groups is 1. The first kappa shape index (κ1) is 28.5. The van der Waals surface area contributed by atoms with Crippen molar-refractivity contribution in [2.24, 2.45) is 0 Å². The van der Waals surface area contributed by atoms with Crippen LogP contribution in [0, 0.1) is 0 Å². The first-order valence-corrected chi connectivity index (χ1v) is 15.7. The Morgan fingerprint density at radius 1 is 1.14 bits per heavy atom. The SMILES string of the molecule is CCc1ccccc1-c1cc(Br)ccc1S(=O)(=O)N1CCC(F)(C(=O)N[C@H](C)/C=C\S(C)(=O)=O)CC1. The number of carbonyl (C=O) groups excluding carboxylic acids is 1. The van der Waals surface area contributed by atoms with E-state index < -0.39 is 37.5 Å². The number of piperidine rings is 1. The zero-order valence-corrected chi connectivity index (χ0v) is 23.6. The monoisotopic (exact) mass is 600 g/mol. The topological polar surface area (TPSA) is 101 Å². The number of nitrogens with one attached hydrogen (secondary N) is 1. The van der Waals surface area contributed by atoms with Crippen molar-refractivity contribution in [3.63, 3.8) is 0 Å². The van der Waals surface area contributed by atoms with Crippen molar-refractivity contribution in [3.05, 3.63) is 64.0 Å². The third-order valence-corrected chi connectivity index (χ3v) is 9.24. The van der Waals surface area contributed by atoms with Gasteiger partial charge in [-0.2, -0.15) is 4.31 Å². The normalized spacial score (nSPS) is 17.7. The summed E-state index contributed by atoms with van der Waals surface area (Å²) in [5.41, 5.74) is 0.121. The van der Waals surface area contributed by atoms with E-state index in [1.165, 1.54) is 17.3 Å². The molecule has 7 nitrogen and oxygen atoms in total. The van der Waals surface area contributed by atoms with E-state index in [2.05, 4.69) is 21.2 Å². The van der Waals surface area contributed by atoms with E-state index in [1.807, 2.05) is 31.2 Å². The van der Waals surface area contributed by atoms with Gasteiger partial charge in [-0.1, -0.05) is 53.2 Å². The van der Waals surface area contributed by atoms with E-state index >= 15 is 4.39 Å². The standard InChI is InChI=1S/C25H30BrFN2O5S2/c1-4-19-7-5-6-8-21(19)22-17-20(26)9-10-23(22)36(33,34)29-14-12-25(27,13-15-29)24(30)28-18(2)11-16-35(3,31)32/h5-11,16-18H,4,12-15H2,1-3H3,(H,28,30)/b16-11-/t18-/m1/s1. The highest BCUT2D eigenvalue weighted by atomic mass is 79.9. The minimum absolute atomic E-state index is 0.127. The second-order valence-electron chi connectivity index (χ2n) is 8.94. The molecule has 1 fully saturated rings. The Balaban J connectivity index is 1.81. The molecule has 1 aliphatic rings. The fourth-order valence-corrected chi connectivity index (χ4v) is 6.63. The summed E-state index contributed by atoms with van der Waals surface area (Å²) >= 11 is 3.43. The number of alkyl halides is 1. The third-order valence-electron chi connectivity index (χ3n) is 6.14. The molecule has 2 aromatic rings. The predicted octanol–water partition coefficient (Wildman–Crippen LogP) is 4.23. The predicted molar refractivity (Wildman–Crippen MR) is 142 cm³/mol. The smallest absolute Gasteiger partial charge is 0.258 e. The van der Waals surface area contributed by atoms with E-state index in [-0.39, 0.29) is 30.8 Å². The quantitative estimate of drug-likeness (QED) is 0.488. The lowest BCUT2D eigenvalue weighted by molar-refractivity contribution is -0.135. The summed E-state index contributed by atoms with van der Waals surface area (Å²) in [4.78, 5) is 12.7. The molecular weight excluding hydrogens is 571 g/mol. The first-order chi connectivity index (χ1) is 16.8. The average Bonchev–Trinajstić information content (AvgIpc) is 2.82. The Morgan fingerprint density at radius 2 is 1.78 bits per heavy atom. The van der Waals surface area contributed by atoms with Crippen molar-refractivity contribution in [2.45, 2.75) is 49.7 Å². The lowest BCUT2D eigenvalue weighted by Crippen LogP contribution is -2.53. The number of benzene rings is 2. The molecule has 196 valence electrons. The van der Waals surface area contributed by atoms with Crippen LogP contribution in [0.25, 0.3) is 11.1 Å². The molecule has 0 saturated carbocycles. The van der Waals surface area contributed by atoms with Gasteiger partial charge in [0.25, 0.3) is 5.91 Å². The second-order valence-corrected chi connectivity index (χ2v) is 13.7. The van der Waals surface area contributed by atoms with Gasteiger partial charge in [-0.05, 0) is 42.7 Å². The van der Waals surface area contributed by atoms with Gasteiger partial charge in [0.2, 0.25) is 10.0 Å². The van der Waals surface area contributed by atoms with Gasteiger partial charge >= 0.3 is 0 Å². The largest absolute Gasteiger partial charge is 0.347 e. The molecule has 0 radical (unpaired) electrons. The van der Waals surface area contributed by atoms with Crippen LogP contribution in [0.5, 0.6) is 0 Å². The number of hydrogen-bond acceptors (Lipinski definition) is 5. The maximum absolute atomic E-state index is 15.5. The van der Waals surface area contributed by atoms with E-state index in [0.717, 1.165) is 33.7 Å². The molecular formula is C25H30BrFN2O5S2. The van der Waals surface area contributed by atoms with Gasteiger partial charge < -0.3 is 5.32 Å². The van der Waals surface area contributed by atoms with Crippen LogP contribution < -0.4 is 5.32 Å². The summed E-state index contributed by atoms with van der Waals surface area (Å²) in [6.07, 6.45) is 2.39. The molecule has 1 N–H and O–H groups in total. The van der Waals surface area contributed by atoms with Gasteiger partial charge in [0.05, 0.1) is 4.90 Å². The molecule has 2 aromatic carbocycles. The summed E-state index contributed by atoms with van der Waals surface area (Å²) in [6.45, 7) is 3.21. The molecule has 1 heterocycles. The highest BCUT2D eigenvalue weighted by molar-refractivity contribution is 9.10. The van der Waals surface area contributed by atoms with Crippen LogP contribution in [0.2, 0.25) is 0 Å². The van der Waals surface area contributed by atoms with Gasteiger partial charge in [0, 0.05) is 53.7 Å². The van der Waals surface area contributed by atoms with Crippen molar-refractivity contribution in [2.75, 3.05) is 19.3 Å². The summed E-state index contributed by atoms with van der Waals surface area (Å²) < 4.78 is 67.3. The first-order valence-electron chi connectivity index (χ1n) is 11.5. The number of rotatable bonds is 8. The van der Waals surface area contributed by atoms with E-state index in [0.29, 0.717) is 5.56 Å². The minimum Gasteiger partial charge on any atom is -0.347 e. The summed E-state index contributed by atoms with van der Waals surface area (Å²) in [5.74, 6) is -0.883. The fourth-order valence-electron chi connectivity index (χ4n) is 4.12. The number of aryl methyl sites for hydroxylation is 1. The van der Waals surface area contributed by atoms with E-state index in [9.17, 15) is 21.6 Å². The molecule has 0 bridgehead atoms. The van der Waals surface area contributed by atoms with Crippen LogP contribution in [0.15, 0.2) is 63.3 Å². The number of halogens is 2. The van der Waals surface area contributed by atoms with Gasteiger partial charge in [0.15, 0.2) is 15.5 Å². The number of nitrogens with zero attached hydrogens (tertiary/aromatic N) is 1. The van der Waals surface area contributed by atoms with Crippen molar-refractivity contribution >= 4 is 41.7 Å². The summed E-state index contributed by atoms with van der Waals surface area (Å²) in [7, 11) is -7.35. The Morgan fingerprint density at radius 3 is 2.39 bits per heavy atom. The van der Waals surface area contributed by atoms with Crippen LogP contribution >= 0.6 is 15.9 Å². The molecule has 1 saturated heterocycles. The van der Waals surface area contributed by atoms with Crippen molar-refractivity contribution < 1.29 is 26.0 Å². The minimum atomic E-state index is -3.97. The van der Waals surface area contributed by atoms with Gasteiger partial charge in [-0.3, -0.25) is 4.79 Å². The Kier molecular flexibility index (Phi) is 8.80. The van der Waals surface area contributed by atoms with Gasteiger partial charge in [-0.25, -0.2) is 21.2 Å². The Labute approximate surface area is 220 Å². The van der Waals surface area contributed by atoms with Gasteiger partial charge in [0.1, 0.15) is 0 Å². The van der Waals surface area contributed by atoms with Crippen LogP contribution in [0.3, 0.4) is 0 Å². The zero-order valence-electron chi connectivity index (χ0n) is 20.4. The molecule has 0 unspecified atom stereocenters. The molecule has 0 aliphatic carbocycles. The highest BCUT2D eigenvalue weighted by Crippen LogP contribution is 2.36. The van der Waals surface area contributed by atoms with E-state index in [4.69, 9.17) is 0 Å². The van der Waals surface area contributed by atoms with Crippen LogP contribution in [0.1, 0.15) is 32.3 Å². The zero-order chi connectivity index (χ0) is 26.7. The number of amides is 1. The molecule has 3 rings (SSSR count). The number of sulfonamides is 1. The maximum atomic E-state index is 15.5. The lowest BCUT2D eigenvalue weighted by Gasteiger charge is -2.35. The fraction of sp³-hybridized carbons (Fsp3) is 0.400. The van der Waals surface area contributed by atoms with E-state index in [1.54, 1.807) is 18.2 Å². The third kappa shape index (κ3) is 6.62. The Hall–Kier alpha value is -2.08. The molecule has 1 aliphatic heterocycles. The number of hydrogen-bond donors (Lipinski definition) is 1. The molecule has 0 aromatic heterocycles. The molecule has 11 heteroatoms. The van der Waals surface area contributed by atoms with Crippen LogP contribution in [-0.2, 0) is 31.1 Å². The number of carbonyl (C=O) groups is 1. The lowest BCUT2D eigenvalue weighted by atomic mass is 9.93. The Bertz CT molecular complexity index is 1370. The molecule has 36 heavy (non-hydrogen) atoms. The molecule has 1 atom stereocenters. The van der Waals surface area contributed by atoms with Crippen molar-refractivity contribution in [3.8, 4) is 11.1 Å². The van der Waals surface area contributed by atoms with Crippen LogP contribution in [0.4, 0.5) is 4.39 Å². The van der Waals surface area contributed by atoms with Gasteiger partial charge in [-0.15, -0.1) is 0 Å². The summed E-state index contributed by atoms with van der Waals surface area (Å²) in [6, 6.07) is 11.9. The highest BCUT2D eigenvalue weighted by Gasteiger charge is 2.44. The van der Waals surface area contributed by atoms with Crippen molar-refractivity contribution in [1.29, 1.82) is 0 Å². The van der Waals surface area contributed by atoms with Crippen LogP contribution in [-0.4, -0.2) is 58.1 Å². The maximum Gasteiger partial charge on any atom is 0.258 e. The summed E-state index contributed by atoms with van der Waals surface area (Å²) in [5, 5.41) is 3.41. The second kappa shape index (κ2) is 11.1. The molecule has 1 amide bonds. The van der Waals surface area contributed by atoms with Crippen molar-refractivity contribution in [1.82, 2.24) is 9.62 Å². The average molecular weight is 602 g/mol.